The first-order chi connectivity index (χ1) is 12.2. The maximum atomic E-state index is 12.5. The van der Waals surface area contributed by atoms with Gasteiger partial charge in [0, 0.05) is 12.1 Å². The van der Waals surface area contributed by atoms with Gasteiger partial charge < -0.3 is 10.1 Å². The average Bonchev–Trinajstić information content (AvgIpc) is 3.16. The van der Waals surface area contributed by atoms with Crippen molar-refractivity contribution in [1.29, 1.82) is 0 Å². The van der Waals surface area contributed by atoms with Gasteiger partial charge in [0.25, 0.3) is 5.91 Å². The first kappa shape index (κ1) is 17.5. The van der Waals surface area contributed by atoms with E-state index in [9.17, 15) is 4.79 Å². The lowest BCUT2D eigenvalue weighted by Gasteiger charge is -2.28. The number of carbonyl (C=O) groups excluding carboxylic acids is 1. The van der Waals surface area contributed by atoms with Crippen LogP contribution in [0.5, 0.6) is 5.75 Å². The molecule has 2 aromatic rings. The van der Waals surface area contributed by atoms with Gasteiger partial charge in [-0.25, -0.2) is 0 Å². The second-order valence-corrected chi connectivity index (χ2v) is 6.61. The number of hydrogen-bond donors (Lipinski definition) is 1. The molecule has 3 rings (SSSR count). The van der Waals surface area contributed by atoms with Gasteiger partial charge in [-0.1, -0.05) is 29.8 Å². The van der Waals surface area contributed by atoms with Crippen molar-refractivity contribution < 1.29 is 9.53 Å². The fourth-order valence-electron chi connectivity index (χ4n) is 3.41. The van der Waals surface area contributed by atoms with Gasteiger partial charge in [0.2, 0.25) is 0 Å². The fourth-order valence-corrected chi connectivity index (χ4v) is 3.41. The van der Waals surface area contributed by atoms with Crippen LogP contribution in [0.15, 0.2) is 48.5 Å². The molecule has 1 amide bonds. The Balaban J connectivity index is 1.72. The summed E-state index contributed by atoms with van der Waals surface area (Å²) < 4.78 is 5.26. The Morgan fingerprint density at radius 3 is 2.52 bits per heavy atom. The Morgan fingerprint density at radius 1 is 1.16 bits per heavy atom. The number of aryl methyl sites for hydroxylation is 1. The predicted octanol–water partition coefficient (Wildman–Crippen LogP) is 3.57. The van der Waals surface area contributed by atoms with Gasteiger partial charge in [0.1, 0.15) is 5.75 Å². The maximum absolute atomic E-state index is 12.5. The van der Waals surface area contributed by atoms with Crippen LogP contribution in [-0.4, -0.2) is 37.6 Å². The number of ether oxygens (including phenoxy) is 1. The molecule has 0 radical (unpaired) electrons. The van der Waals surface area contributed by atoms with Crippen molar-refractivity contribution in [3.8, 4) is 5.75 Å². The highest BCUT2D eigenvalue weighted by Gasteiger charge is 2.24. The minimum absolute atomic E-state index is 0.0126. The SMILES string of the molecule is COc1ccc([C@@H](CNC(=O)c2cccc(C)c2)N2CCCC2)cc1. The Kier molecular flexibility index (Phi) is 5.71. The molecule has 1 atom stereocenters. The second kappa shape index (κ2) is 8.17. The van der Waals surface area contributed by atoms with Crippen molar-refractivity contribution in [3.63, 3.8) is 0 Å². The van der Waals surface area contributed by atoms with Gasteiger partial charge in [0.15, 0.2) is 0 Å². The molecule has 1 N–H and O–H groups in total. The van der Waals surface area contributed by atoms with Crippen molar-refractivity contribution in [3.05, 3.63) is 65.2 Å². The number of methoxy groups -OCH3 is 1. The number of amides is 1. The van der Waals surface area contributed by atoms with Crippen LogP contribution in [-0.2, 0) is 0 Å². The summed E-state index contributed by atoms with van der Waals surface area (Å²) in [6.45, 7) is 4.77. The third-order valence-corrected chi connectivity index (χ3v) is 4.82. The van der Waals surface area contributed by atoms with Crippen LogP contribution < -0.4 is 10.1 Å². The molecular formula is C21H26N2O2. The zero-order valence-corrected chi connectivity index (χ0v) is 15.0. The summed E-state index contributed by atoms with van der Waals surface area (Å²) in [5, 5.41) is 3.12. The molecule has 2 aromatic carbocycles. The smallest absolute Gasteiger partial charge is 0.251 e. The van der Waals surface area contributed by atoms with Crippen LogP contribution in [0.25, 0.3) is 0 Å². The number of nitrogens with one attached hydrogen (secondary N) is 1. The van der Waals surface area contributed by atoms with E-state index in [1.165, 1.54) is 18.4 Å². The Labute approximate surface area is 149 Å². The molecule has 1 aliphatic heterocycles. The third kappa shape index (κ3) is 4.40. The molecule has 4 nitrogen and oxygen atoms in total. The van der Waals surface area contributed by atoms with Gasteiger partial charge in [-0.15, -0.1) is 0 Å². The summed E-state index contributed by atoms with van der Waals surface area (Å²) in [5.74, 6) is 0.842. The lowest BCUT2D eigenvalue weighted by atomic mass is 10.0. The molecule has 0 saturated carbocycles. The summed E-state index contributed by atoms with van der Waals surface area (Å²) in [6.07, 6.45) is 2.44. The third-order valence-electron chi connectivity index (χ3n) is 4.82. The van der Waals surface area contributed by atoms with E-state index in [0.29, 0.717) is 6.54 Å². The molecule has 1 heterocycles. The molecule has 0 spiro atoms. The molecule has 0 aliphatic carbocycles. The number of carbonyl (C=O) groups is 1. The molecule has 1 saturated heterocycles. The Bertz CT molecular complexity index is 706. The zero-order valence-electron chi connectivity index (χ0n) is 15.0. The van der Waals surface area contributed by atoms with Crippen molar-refractivity contribution in [1.82, 2.24) is 10.2 Å². The van der Waals surface area contributed by atoms with E-state index in [-0.39, 0.29) is 11.9 Å². The quantitative estimate of drug-likeness (QED) is 0.875. The van der Waals surface area contributed by atoms with Crippen molar-refractivity contribution in [2.45, 2.75) is 25.8 Å². The number of likely N-dealkylation sites (tertiary alicyclic amines) is 1. The normalized spacial score (nSPS) is 15.8. The van der Waals surface area contributed by atoms with Crippen LogP contribution >= 0.6 is 0 Å². The molecule has 4 heteroatoms. The zero-order chi connectivity index (χ0) is 17.6. The maximum Gasteiger partial charge on any atom is 0.251 e. The number of benzene rings is 2. The fraction of sp³-hybridized carbons (Fsp3) is 0.381. The van der Waals surface area contributed by atoms with E-state index in [2.05, 4.69) is 22.3 Å². The molecule has 132 valence electrons. The molecule has 0 aromatic heterocycles. The highest BCUT2D eigenvalue weighted by molar-refractivity contribution is 5.94. The highest BCUT2D eigenvalue weighted by atomic mass is 16.5. The van der Waals surface area contributed by atoms with Crippen molar-refractivity contribution in [2.75, 3.05) is 26.7 Å². The van der Waals surface area contributed by atoms with E-state index in [1.807, 2.05) is 43.3 Å². The van der Waals surface area contributed by atoms with Crippen LogP contribution in [0.1, 0.15) is 40.4 Å². The number of hydrogen-bond acceptors (Lipinski definition) is 3. The van der Waals surface area contributed by atoms with Crippen LogP contribution in [0.2, 0.25) is 0 Å². The van der Waals surface area contributed by atoms with Gasteiger partial charge in [-0.3, -0.25) is 9.69 Å². The van der Waals surface area contributed by atoms with E-state index in [0.717, 1.165) is 30.0 Å². The standard InChI is InChI=1S/C21H26N2O2/c1-16-6-5-7-18(14-16)21(24)22-15-20(23-12-3-4-13-23)17-8-10-19(25-2)11-9-17/h5-11,14,20H,3-4,12-13,15H2,1-2H3,(H,22,24)/t20-/m1/s1. The lowest BCUT2D eigenvalue weighted by Crippen LogP contribution is -2.36. The summed E-state index contributed by atoms with van der Waals surface area (Å²) in [4.78, 5) is 15.0. The highest BCUT2D eigenvalue weighted by Crippen LogP contribution is 2.26. The lowest BCUT2D eigenvalue weighted by molar-refractivity contribution is 0.0938. The van der Waals surface area contributed by atoms with E-state index in [4.69, 9.17) is 4.74 Å². The monoisotopic (exact) mass is 338 g/mol. The van der Waals surface area contributed by atoms with E-state index in [1.54, 1.807) is 7.11 Å². The average molecular weight is 338 g/mol. The topological polar surface area (TPSA) is 41.6 Å². The molecule has 0 bridgehead atoms. The van der Waals surface area contributed by atoms with Crippen molar-refractivity contribution in [2.24, 2.45) is 0 Å². The Hall–Kier alpha value is -2.33. The largest absolute Gasteiger partial charge is 0.497 e. The summed E-state index contributed by atoms with van der Waals surface area (Å²) in [7, 11) is 1.68. The van der Waals surface area contributed by atoms with E-state index >= 15 is 0 Å². The second-order valence-electron chi connectivity index (χ2n) is 6.61. The van der Waals surface area contributed by atoms with Crippen LogP contribution in [0.3, 0.4) is 0 Å². The summed E-state index contributed by atoms with van der Waals surface area (Å²) in [6, 6.07) is 16.1. The van der Waals surface area contributed by atoms with Gasteiger partial charge in [-0.05, 0) is 62.7 Å². The van der Waals surface area contributed by atoms with Gasteiger partial charge in [0.05, 0.1) is 13.2 Å². The van der Waals surface area contributed by atoms with Gasteiger partial charge >= 0.3 is 0 Å². The molecule has 0 unspecified atom stereocenters. The van der Waals surface area contributed by atoms with Gasteiger partial charge in [-0.2, -0.15) is 0 Å². The predicted molar refractivity (Wildman–Crippen MR) is 100 cm³/mol. The minimum atomic E-state index is -0.0126. The van der Waals surface area contributed by atoms with Crippen LogP contribution in [0, 0.1) is 6.92 Å². The minimum Gasteiger partial charge on any atom is -0.497 e. The first-order valence-corrected chi connectivity index (χ1v) is 8.90. The molecular weight excluding hydrogens is 312 g/mol. The van der Waals surface area contributed by atoms with Crippen molar-refractivity contribution >= 4 is 5.91 Å². The first-order valence-electron chi connectivity index (χ1n) is 8.90. The molecule has 1 aliphatic rings. The molecule has 25 heavy (non-hydrogen) atoms. The number of rotatable bonds is 6. The Morgan fingerprint density at radius 2 is 1.88 bits per heavy atom. The molecule has 1 fully saturated rings. The number of nitrogens with zero attached hydrogens (tertiary/aromatic N) is 1. The van der Waals surface area contributed by atoms with Crippen LogP contribution in [0.4, 0.5) is 0 Å². The summed E-state index contributed by atoms with van der Waals surface area (Å²) in [5.41, 5.74) is 3.03. The van der Waals surface area contributed by atoms with E-state index < -0.39 is 0 Å². The summed E-state index contributed by atoms with van der Waals surface area (Å²) >= 11 is 0.